The summed E-state index contributed by atoms with van der Waals surface area (Å²) in [7, 11) is 0. The lowest BCUT2D eigenvalue weighted by molar-refractivity contribution is -0.138. The standard InChI is InChI=1S/C28H35N3O5/c1-17(2)14-21(29-25(33)18-6-8-20(9-7-18)28(3,4)5)27(35)30-12-10-22-24(30)23(32)15-31(22)26(34)19-11-13-36-16-19/h6-9,11,13,16-17,21-22,24H,10,12,14-15H2,1-5H3,(H,29,33). The molecule has 1 aromatic heterocycles. The van der Waals surface area contributed by atoms with E-state index in [0.29, 0.717) is 30.5 Å². The molecule has 2 aliphatic rings. The van der Waals surface area contributed by atoms with Crippen LogP contribution in [0.3, 0.4) is 0 Å². The van der Waals surface area contributed by atoms with Crippen molar-refractivity contribution in [2.45, 2.75) is 71.0 Å². The summed E-state index contributed by atoms with van der Waals surface area (Å²) in [5, 5.41) is 2.92. The molecule has 0 radical (unpaired) electrons. The van der Waals surface area contributed by atoms with Crippen molar-refractivity contribution in [1.82, 2.24) is 15.1 Å². The number of nitrogens with zero attached hydrogens (tertiary/aromatic N) is 2. The maximum atomic E-state index is 13.7. The topological polar surface area (TPSA) is 99.9 Å². The molecular weight excluding hydrogens is 458 g/mol. The van der Waals surface area contributed by atoms with Crippen molar-refractivity contribution >= 4 is 23.5 Å². The number of fused-ring (bicyclic) bond motifs is 1. The molecule has 8 nitrogen and oxygen atoms in total. The Balaban J connectivity index is 1.49. The van der Waals surface area contributed by atoms with Crippen LogP contribution in [0.15, 0.2) is 47.3 Å². The van der Waals surface area contributed by atoms with E-state index in [2.05, 4.69) is 26.1 Å². The van der Waals surface area contributed by atoms with E-state index in [1.165, 1.54) is 17.4 Å². The number of amides is 3. The summed E-state index contributed by atoms with van der Waals surface area (Å²) in [5.74, 6) is -0.874. The molecule has 2 aromatic rings. The monoisotopic (exact) mass is 493 g/mol. The predicted molar refractivity (Wildman–Crippen MR) is 135 cm³/mol. The lowest BCUT2D eigenvalue weighted by Crippen LogP contribution is -2.53. The van der Waals surface area contributed by atoms with Gasteiger partial charge in [0, 0.05) is 12.1 Å². The van der Waals surface area contributed by atoms with E-state index in [1.807, 2.05) is 26.0 Å². The Morgan fingerprint density at radius 3 is 2.33 bits per heavy atom. The first-order valence-electron chi connectivity index (χ1n) is 12.5. The van der Waals surface area contributed by atoms with Gasteiger partial charge in [-0.05, 0) is 47.9 Å². The molecule has 3 unspecified atom stereocenters. The number of rotatable bonds is 6. The van der Waals surface area contributed by atoms with E-state index in [4.69, 9.17) is 4.42 Å². The fraction of sp³-hybridized carbons (Fsp3) is 0.500. The minimum Gasteiger partial charge on any atom is -0.472 e. The third-order valence-electron chi connectivity index (χ3n) is 7.06. The fourth-order valence-electron chi connectivity index (χ4n) is 5.15. The first kappa shape index (κ1) is 25.7. The van der Waals surface area contributed by atoms with Crippen LogP contribution >= 0.6 is 0 Å². The maximum Gasteiger partial charge on any atom is 0.257 e. The van der Waals surface area contributed by atoms with Crippen LogP contribution in [0.5, 0.6) is 0 Å². The van der Waals surface area contributed by atoms with Crippen molar-refractivity contribution < 1.29 is 23.6 Å². The van der Waals surface area contributed by atoms with Crippen LogP contribution in [0.2, 0.25) is 0 Å². The normalized spacial score (nSPS) is 20.6. The molecule has 2 saturated heterocycles. The van der Waals surface area contributed by atoms with Gasteiger partial charge in [0.05, 0.1) is 24.4 Å². The maximum absolute atomic E-state index is 13.7. The van der Waals surface area contributed by atoms with Gasteiger partial charge in [-0.3, -0.25) is 19.2 Å². The highest BCUT2D eigenvalue weighted by atomic mass is 16.3. The third-order valence-corrected chi connectivity index (χ3v) is 7.06. The van der Waals surface area contributed by atoms with Crippen LogP contribution in [0.4, 0.5) is 0 Å². The second-order valence-corrected chi connectivity index (χ2v) is 11.2. The van der Waals surface area contributed by atoms with Crippen LogP contribution in [-0.2, 0) is 15.0 Å². The molecule has 0 spiro atoms. The highest BCUT2D eigenvalue weighted by molar-refractivity contribution is 6.03. The summed E-state index contributed by atoms with van der Waals surface area (Å²) < 4.78 is 5.02. The van der Waals surface area contributed by atoms with E-state index in [0.717, 1.165) is 5.56 Å². The van der Waals surface area contributed by atoms with Gasteiger partial charge >= 0.3 is 0 Å². The highest BCUT2D eigenvalue weighted by Crippen LogP contribution is 2.32. The molecule has 2 aliphatic heterocycles. The van der Waals surface area contributed by atoms with Gasteiger partial charge in [-0.15, -0.1) is 0 Å². The number of furan rings is 1. The summed E-state index contributed by atoms with van der Waals surface area (Å²) in [6.45, 7) is 10.6. The third kappa shape index (κ3) is 5.08. The molecule has 3 amide bonds. The van der Waals surface area contributed by atoms with Crippen LogP contribution in [0, 0.1) is 5.92 Å². The molecule has 1 aromatic carbocycles. The first-order chi connectivity index (χ1) is 17.0. The summed E-state index contributed by atoms with van der Waals surface area (Å²) in [6.07, 6.45) is 3.75. The molecular formula is C28H35N3O5. The smallest absolute Gasteiger partial charge is 0.257 e. The Labute approximate surface area is 212 Å². The number of benzene rings is 1. The molecule has 36 heavy (non-hydrogen) atoms. The van der Waals surface area contributed by atoms with E-state index >= 15 is 0 Å². The second-order valence-electron chi connectivity index (χ2n) is 11.2. The van der Waals surface area contributed by atoms with Crippen LogP contribution in [-0.4, -0.2) is 64.5 Å². The average Bonchev–Trinajstić information content (AvgIpc) is 3.56. The lowest BCUT2D eigenvalue weighted by atomic mass is 9.86. The van der Waals surface area contributed by atoms with E-state index in [1.54, 1.807) is 23.1 Å². The van der Waals surface area contributed by atoms with Crippen molar-refractivity contribution in [1.29, 1.82) is 0 Å². The lowest BCUT2D eigenvalue weighted by Gasteiger charge is -2.29. The van der Waals surface area contributed by atoms with Gasteiger partial charge in [-0.1, -0.05) is 46.8 Å². The van der Waals surface area contributed by atoms with Crippen molar-refractivity contribution in [2.75, 3.05) is 13.1 Å². The summed E-state index contributed by atoms with van der Waals surface area (Å²) in [6, 6.07) is 7.17. The average molecular weight is 494 g/mol. The highest BCUT2D eigenvalue weighted by Gasteiger charge is 2.52. The molecule has 192 valence electrons. The number of hydrogen-bond donors (Lipinski definition) is 1. The predicted octanol–water partition coefficient (Wildman–Crippen LogP) is 3.42. The van der Waals surface area contributed by atoms with E-state index in [9.17, 15) is 19.2 Å². The van der Waals surface area contributed by atoms with Crippen LogP contribution < -0.4 is 5.32 Å². The molecule has 3 heterocycles. The Hall–Kier alpha value is -3.42. The molecule has 3 atom stereocenters. The second kappa shape index (κ2) is 9.91. The Morgan fingerprint density at radius 2 is 1.75 bits per heavy atom. The Morgan fingerprint density at radius 1 is 1.06 bits per heavy atom. The largest absolute Gasteiger partial charge is 0.472 e. The number of Topliss-reactive ketones (excluding diaryl/α,β-unsaturated/α-hetero) is 1. The number of carbonyl (C=O) groups excluding carboxylic acids is 4. The van der Waals surface area contributed by atoms with Crippen molar-refractivity contribution in [3.8, 4) is 0 Å². The SMILES string of the molecule is CC(C)CC(NC(=O)c1ccc(C(C)(C)C)cc1)C(=O)N1CCC2C1C(=O)CN2C(=O)c1ccoc1. The zero-order valence-corrected chi connectivity index (χ0v) is 21.6. The van der Waals surface area contributed by atoms with Gasteiger partial charge < -0.3 is 19.5 Å². The molecule has 4 rings (SSSR count). The summed E-state index contributed by atoms with van der Waals surface area (Å²) in [4.78, 5) is 55.7. The molecule has 8 heteroatoms. The molecule has 0 bridgehead atoms. The van der Waals surface area contributed by atoms with E-state index in [-0.39, 0.29) is 47.4 Å². The number of likely N-dealkylation sites (tertiary alicyclic amines) is 2. The van der Waals surface area contributed by atoms with Crippen molar-refractivity contribution in [2.24, 2.45) is 5.92 Å². The van der Waals surface area contributed by atoms with Crippen molar-refractivity contribution in [3.05, 3.63) is 59.5 Å². The van der Waals surface area contributed by atoms with Gasteiger partial charge in [-0.25, -0.2) is 0 Å². The minimum absolute atomic E-state index is 0.0296. The van der Waals surface area contributed by atoms with E-state index < -0.39 is 12.1 Å². The Bertz CT molecular complexity index is 1130. The fourth-order valence-corrected chi connectivity index (χ4v) is 5.15. The van der Waals surface area contributed by atoms with Crippen molar-refractivity contribution in [3.63, 3.8) is 0 Å². The van der Waals surface area contributed by atoms with Crippen LogP contribution in [0.1, 0.15) is 73.7 Å². The molecule has 0 saturated carbocycles. The van der Waals surface area contributed by atoms with Gasteiger partial charge in [0.1, 0.15) is 18.3 Å². The summed E-state index contributed by atoms with van der Waals surface area (Å²) in [5.41, 5.74) is 1.96. The minimum atomic E-state index is -0.759. The molecule has 0 aliphatic carbocycles. The number of nitrogens with one attached hydrogen (secondary N) is 1. The molecule has 2 fully saturated rings. The summed E-state index contributed by atoms with van der Waals surface area (Å²) >= 11 is 0. The zero-order valence-electron chi connectivity index (χ0n) is 21.6. The first-order valence-corrected chi connectivity index (χ1v) is 12.5. The Kier molecular flexibility index (Phi) is 7.07. The van der Waals surface area contributed by atoms with Gasteiger partial charge in [0.15, 0.2) is 5.78 Å². The number of carbonyl (C=O) groups is 4. The van der Waals surface area contributed by atoms with Gasteiger partial charge in [0.2, 0.25) is 5.91 Å². The van der Waals surface area contributed by atoms with Gasteiger partial charge in [-0.2, -0.15) is 0 Å². The van der Waals surface area contributed by atoms with Crippen LogP contribution in [0.25, 0.3) is 0 Å². The van der Waals surface area contributed by atoms with Gasteiger partial charge in [0.25, 0.3) is 11.8 Å². The zero-order chi connectivity index (χ0) is 26.2. The number of hydrogen-bond acceptors (Lipinski definition) is 5. The molecule has 1 N–H and O–H groups in total. The number of ketones is 1. The quantitative estimate of drug-likeness (QED) is 0.665.